The minimum Gasteiger partial charge on any atom is -0.483 e. The zero-order valence-electron chi connectivity index (χ0n) is 10.4. The number of anilines is 1. The minimum absolute atomic E-state index is 0.286. The second kappa shape index (κ2) is 4.04. The fraction of sp³-hybridized carbons (Fsp3) is 0.538. The van der Waals surface area contributed by atoms with Crippen LogP contribution in [0, 0.1) is 0 Å². The standard InChI is InChI=1S/C13H13BrF3NO/c1-18-7-12(3-2-4-12)19-10-6-8(13(15,16)17)5-9(14)11(10)18/h5-6H,2-4,7H2,1H3. The summed E-state index contributed by atoms with van der Waals surface area (Å²) in [5.74, 6) is 0.329. The number of ether oxygens (including phenoxy) is 1. The molecule has 1 heterocycles. The lowest BCUT2D eigenvalue weighted by molar-refractivity contribution is -0.138. The van der Waals surface area contributed by atoms with Crippen molar-refractivity contribution >= 4 is 21.6 Å². The van der Waals surface area contributed by atoms with E-state index in [1.807, 2.05) is 11.9 Å². The number of hydrogen-bond acceptors (Lipinski definition) is 2. The molecule has 1 aromatic carbocycles. The lowest BCUT2D eigenvalue weighted by Crippen LogP contribution is -2.54. The molecule has 0 bridgehead atoms. The monoisotopic (exact) mass is 335 g/mol. The fourth-order valence-corrected chi connectivity index (χ4v) is 3.54. The van der Waals surface area contributed by atoms with Crippen molar-refractivity contribution < 1.29 is 17.9 Å². The summed E-state index contributed by atoms with van der Waals surface area (Å²) in [5, 5.41) is 0. The van der Waals surface area contributed by atoms with Crippen LogP contribution in [-0.4, -0.2) is 19.2 Å². The Morgan fingerprint density at radius 3 is 2.53 bits per heavy atom. The fourth-order valence-electron chi connectivity index (χ4n) is 2.79. The van der Waals surface area contributed by atoms with E-state index in [1.165, 1.54) is 0 Å². The van der Waals surface area contributed by atoms with Crippen LogP contribution in [0.4, 0.5) is 18.9 Å². The van der Waals surface area contributed by atoms with Gasteiger partial charge in [0.25, 0.3) is 0 Å². The zero-order valence-corrected chi connectivity index (χ0v) is 11.9. The van der Waals surface area contributed by atoms with E-state index in [0.29, 0.717) is 15.9 Å². The van der Waals surface area contributed by atoms with Crippen LogP contribution in [0.25, 0.3) is 0 Å². The van der Waals surface area contributed by atoms with Gasteiger partial charge in [-0.1, -0.05) is 0 Å². The quantitative estimate of drug-likeness (QED) is 0.703. The van der Waals surface area contributed by atoms with Gasteiger partial charge in [0.05, 0.1) is 17.8 Å². The van der Waals surface area contributed by atoms with E-state index in [2.05, 4.69) is 15.9 Å². The predicted octanol–water partition coefficient (Wildman–Crippen LogP) is 4.22. The number of likely N-dealkylation sites (N-methyl/N-ethyl adjacent to an activating group) is 1. The lowest BCUT2D eigenvalue weighted by Gasteiger charge is -2.49. The van der Waals surface area contributed by atoms with Crippen LogP contribution >= 0.6 is 15.9 Å². The molecular formula is C13H13BrF3NO. The van der Waals surface area contributed by atoms with Gasteiger partial charge in [0, 0.05) is 11.5 Å². The first-order valence-electron chi connectivity index (χ1n) is 6.12. The highest BCUT2D eigenvalue weighted by atomic mass is 79.9. The third-order valence-corrected chi connectivity index (χ3v) is 4.46. The van der Waals surface area contributed by atoms with E-state index >= 15 is 0 Å². The van der Waals surface area contributed by atoms with Crippen molar-refractivity contribution in [1.82, 2.24) is 0 Å². The molecule has 0 N–H and O–H groups in total. The molecule has 1 aliphatic carbocycles. The van der Waals surface area contributed by atoms with Gasteiger partial charge in [-0.05, 0) is 47.3 Å². The molecule has 6 heteroatoms. The molecule has 1 aromatic rings. The summed E-state index contributed by atoms with van der Waals surface area (Å²) in [4.78, 5) is 1.97. The smallest absolute Gasteiger partial charge is 0.416 e. The number of alkyl halides is 3. The molecule has 1 fully saturated rings. The number of halogens is 4. The van der Waals surface area contributed by atoms with Crippen molar-refractivity contribution in [3.63, 3.8) is 0 Å². The first-order valence-corrected chi connectivity index (χ1v) is 6.91. The Morgan fingerprint density at radius 2 is 2.00 bits per heavy atom. The van der Waals surface area contributed by atoms with E-state index in [9.17, 15) is 13.2 Å². The van der Waals surface area contributed by atoms with Gasteiger partial charge in [-0.2, -0.15) is 13.2 Å². The van der Waals surface area contributed by atoms with Gasteiger partial charge < -0.3 is 9.64 Å². The molecule has 0 unspecified atom stereocenters. The molecule has 0 radical (unpaired) electrons. The van der Waals surface area contributed by atoms with Crippen molar-refractivity contribution in [2.45, 2.75) is 31.0 Å². The molecule has 3 rings (SSSR count). The van der Waals surface area contributed by atoms with Crippen LogP contribution in [0.2, 0.25) is 0 Å². The molecular weight excluding hydrogens is 323 g/mol. The van der Waals surface area contributed by atoms with E-state index in [1.54, 1.807) is 0 Å². The largest absolute Gasteiger partial charge is 0.483 e. The Hall–Kier alpha value is -0.910. The number of rotatable bonds is 0. The molecule has 104 valence electrons. The Bertz CT molecular complexity index is 525. The molecule has 1 spiro atoms. The number of nitrogens with zero attached hydrogens (tertiary/aromatic N) is 1. The van der Waals surface area contributed by atoms with Gasteiger partial charge in [-0.15, -0.1) is 0 Å². The first-order chi connectivity index (χ1) is 8.81. The van der Waals surface area contributed by atoms with Crippen molar-refractivity contribution in [2.75, 3.05) is 18.5 Å². The SMILES string of the molecule is CN1CC2(CCC2)Oc2cc(C(F)(F)F)cc(Br)c21. The minimum atomic E-state index is -4.36. The average Bonchev–Trinajstić information content (AvgIpc) is 2.24. The van der Waals surface area contributed by atoms with Crippen molar-refractivity contribution in [1.29, 1.82) is 0 Å². The number of benzene rings is 1. The van der Waals surface area contributed by atoms with Gasteiger partial charge in [-0.25, -0.2) is 0 Å². The molecule has 0 aromatic heterocycles. The molecule has 0 saturated heterocycles. The van der Waals surface area contributed by atoms with Crippen LogP contribution in [0.15, 0.2) is 16.6 Å². The average molecular weight is 336 g/mol. The van der Waals surface area contributed by atoms with Crippen molar-refractivity contribution in [3.05, 3.63) is 22.2 Å². The first kappa shape index (κ1) is 13.1. The maximum absolute atomic E-state index is 12.8. The van der Waals surface area contributed by atoms with Crippen molar-refractivity contribution in [3.8, 4) is 5.75 Å². The van der Waals surface area contributed by atoms with Gasteiger partial charge in [0.2, 0.25) is 0 Å². The zero-order chi connectivity index (χ0) is 13.8. The summed E-state index contributed by atoms with van der Waals surface area (Å²) in [7, 11) is 1.89. The Kier molecular flexibility index (Phi) is 2.78. The Balaban J connectivity index is 2.07. The van der Waals surface area contributed by atoms with Crippen LogP contribution in [0.3, 0.4) is 0 Å². The maximum Gasteiger partial charge on any atom is 0.416 e. The third kappa shape index (κ3) is 2.10. The summed E-state index contributed by atoms with van der Waals surface area (Å²) in [6.07, 6.45) is -1.47. The lowest BCUT2D eigenvalue weighted by atomic mass is 9.78. The van der Waals surface area contributed by atoms with E-state index in [0.717, 1.165) is 37.9 Å². The highest BCUT2D eigenvalue weighted by molar-refractivity contribution is 9.10. The predicted molar refractivity (Wildman–Crippen MR) is 69.6 cm³/mol. The molecule has 2 aliphatic rings. The summed E-state index contributed by atoms with van der Waals surface area (Å²) < 4.78 is 44.8. The highest BCUT2D eigenvalue weighted by Crippen LogP contribution is 2.49. The third-order valence-electron chi connectivity index (χ3n) is 3.85. The molecule has 1 aliphatic heterocycles. The van der Waals surface area contributed by atoms with Crippen LogP contribution in [0.1, 0.15) is 24.8 Å². The molecule has 0 amide bonds. The van der Waals surface area contributed by atoms with Crippen LogP contribution in [0.5, 0.6) is 5.75 Å². The van der Waals surface area contributed by atoms with Crippen LogP contribution < -0.4 is 9.64 Å². The molecule has 19 heavy (non-hydrogen) atoms. The van der Waals surface area contributed by atoms with Crippen LogP contribution in [-0.2, 0) is 6.18 Å². The van der Waals surface area contributed by atoms with Gasteiger partial charge in [0.15, 0.2) is 0 Å². The highest BCUT2D eigenvalue weighted by Gasteiger charge is 2.45. The van der Waals surface area contributed by atoms with E-state index < -0.39 is 11.7 Å². The summed E-state index contributed by atoms with van der Waals surface area (Å²) >= 11 is 3.22. The molecule has 2 nitrogen and oxygen atoms in total. The summed E-state index contributed by atoms with van der Waals surface area (Å²) in [6, 6.07) is 2.22. The Labute approximate surface area is 117 Å². The van der Waals surface area contributed by atoms with Crippen molar-refractivity contribution in [2.24, 2.45) is 0 Å². The number of hydrogen-bond donors (Lipinski definition) is 0. The molecule has 1 saturated carbocycles. The van der Waals surface area contributed by atoms with Gasteiger partial charge in [0.1, 0.15) is 11.4 Å². The van der Waals surface area contributed by atoms with Gasteiger partial charge >= 0.3 is 6.18 Å². The summed E-state index contributed by atoms with van der Waals surface area (Å²) in [6.45, 7) is 0.726. The second-order valence-corrected chi connectivity index (χ2v) is 6.15. The second-order valence-electron chi connectivity index (χ2n) is 5.30. The normalized spacial score (nSPS) is 20.8. The topological polar surface area (TPSA) is 12.5 Å². The van der Waals surface area contributed by atoms with E-state index in [4.69, 9.17) is 4.74 Å². The number of fused-ring (bicyclic) bond motifs is 1. The summed E-state index contributed by atoms with van der Waals surface area (Å²) in [5.41, 5.74) is -0.265. The van der Waals surface area contributed by atoms with Gasteiger partial charge in [-0.3, -0.25) is 0 Å². The Morgan fingerprint density at radius 1 is 1.32 bits per heavy atom. The maximum atomic E-state index is 12.8. The van der Waals surface area contributed by atoms with E-state index in [-0.39, 0.29) is 5.60 Å². The molecule has 0 atom stereocenters.